The van der Waals surface area contributed by atoms with Crippen LogP contribution in [0.25, 0.3) is 0 Å². The Balaban J connectivity index is 2.12. The lowest BCUT2D eigenvalue weighted by atomic mass is 9.90. The van der Waals surface area contributed by atoms with Crippen molar-refractivity contribution in [3.05, 3.63) is 29.3 Å². The Kier molecular flexibility index (Phi) is 4.20. The molecule has 0 amide bonds. The molecular weight excluding hydrogens is 271 g/mol. The zero-order valence-electron chi connectivity index (χ0n) is 10.8. The van der Waals surface area contributed by atoms with E-state index in [0.717, 1.165) is 36.8 Å². The fourth-order valence-corrected chi connectivity index (χ4v) is 2.50. The van der Waals surface area contributed by atoms with Gasteiger partial charge in [0.05, 0.1) is 0 Å². The SMILES string of the molecule is O=C(O)C(CNc1cccc2c1CCCC2)C(F)(F)F. The molecule has 20 heavy (non-hydrogen) atoms. The minimum Gasteiger partial charge on any atom is -0.481 e. The van der Waals surface area contributed by atoms with Crippen LogP contribution in [0.1, 0.15) is 24.0 Å². The van der Waals surface area contributed by atoms with Crippen molar-refractivity contribution >= 4 is 11.7 Å². The highest BCUT2D eigenvalue weighted by atomic mass is 19.4. The average molecular weight is 287 g/mol. The molecule has 0 fully saturated rings. The third-order valence-electron chi connectivity index (χ3n) is 3.59. The van der Waals surface area contributed by atoms with Gasteiger partial charge in [0.2, 0.25) is 0 Å². The number of carbonyl (C=O) groups is 1. The average Bonchev–Trinajstić information content (AvgIpc) is 2.37. The molecule has 0 aromatic heterocycles. The van der Waals surface area contributed by atoms with E-state index in [2.05, 4.69) is 5.32 Å². The first-order valence-electron chi connectivity index (χ1n) is 6.53. The standard InChI is InChI=1S/C14H16F3NO2/c15-14(16,17)11(13(19)20)8-18-12-7-3-5-9-4-1-2-6-10(9)12/h3,5,7,11,18H,1-2,4,6,8H2,(H,19,20). The fraction of sp³-hybridized carbons (Fsp3) is 0.500. The van der Waals surface area contributed by atoms with E-state index in [0.29, 0.717) is 5.69 Å². The fourth-order valence-electron chi connectivity index (χ4n) is 2.50. The van der Waals surface area contributed by atoms with Crippen molar-refractivity contribution in [2.45, 2.75) is 31.9 Å². The van der Waals surface area contributed by atoms with Crippen molar-refractivity contribution in [3.8, 4) is 0 Å². The Morgan fingerprint density at radius 2 is 2.00 bits per heavy atom. The van der Waals surface area contributed by atoms with Crippen LogP contribution in [0.15, 0.2) is 18.2 Å². The number of anilines is 1. The van der Waals surface area contributed by atoms with Crippen molar-refractivity contribution in [1.82, 2.24) is 0 Å². The van der Waals surface area contributed by atoms with E-state index in [1.165, 1.54) is 0 Å². The first-order valence-corrected chi connectivity index (χ1v) is 6.53. The van der Waals surface area contributed by atoms with E-state index < -0.39 is 24.6 Å². The van der Waals surface area contributed by atoms with Gasteiger partial charge in [-0.2, -0.15) is 13.2 Å². The van der Waals surface area contributed by atoms with Crippen LogP contribution in [0.2, 0.25) is 0 Å². The van der Waals surface area contributed by atoms with Crippen LogP contribution < -0.4 is 5.32 Å². The lowest BCUT2D eigenvalue weighted by Crippen LogP contribution is -2.36. The van der Waals surface area contributed by atoms with E-state index in [-0.39, 0.29) is 0 Å². The van der Waals surface area contributed by atoms with E-state index in [9.17, 15) is 18.0 Å². The van der Waals surface area contributed by atoms with Crippen LogP contribution >= 0.6 is 0 Å². The number of hydrogen-bond acceptors (Lipinski definition) is 2. The van der Waals surface area contributed by atoms with Gasteiger partial charge in [-0.05, 0) is 42.9 Å². The number of benzene rings is 1. The number of fused-ring (bicyclic) bond motifs is 1. The van der Waals surface area contributed by atoms with Gasteiger partial charge < -0.3 is 10.4 Å². The van der Waals surface area contributed by atoms with Gasteiger partial charge in [-0.3, -0.25) is 4.79 Å². The number of nitrogens with one attached hydrogen (secondary N) is 1. The number of halogens is 3. The molecule has 2 N–H and O–H groups in total. The second-order valence-corrected chi connectivity index (χ2v) is 4.96. The first kappa shape index (κ1) is 14.7. The van der Waals surface area contributed by atoms with Crippen molar-refractivity contribution < 1.29 is 23.1 Å². The molecule has 1 unspecified atom stereocenters. The molecule has 1 aliphatic rings. The van der Waals surface area contributed by atoms with Gasteiger partial charge >= 0.3 is 12.1 Å². The molecule has 0 aliphatic heterocycles. The van der Waals surface area contributed by atoms with Crippen molar-refractivity contribution in [2.24, 2.45) is 5.92 Å². The minimum atomic E-state index is -4.74. The second-order valence-electron chi connectivity index (χ2n) is 4.96. The van der Waals surface area contributed by atoms with E-state index >= 15 is 0 Å². The van der Waals surface area contributed by atoms with Gasteiger partial charge in [0, 0.05) is 12.2 Å². The van der Waals surface area contributed by atoms with Crippen LogP contribution in [-0.2, 0) is 17.6 Å². The van der Waals surface area contributed by atoms with Gasteiger partial charge in [0.15, 0.2) is 5.92 Å². The molecule has 0 bridgehead atoms. The molecule has 0 heterocycles. The second kappa shape index (κ2) is 5.73. The summed E-state index contributed by atoms with van der Waals surface area (Å²) in [5, 5.41) is 11.3. The third kappa shape index (κ3) is 3.23. The van der Waals surface area contributed by atoms with Crippen LogP contribution in [0, 0.1) is 5.92 Å². The quantitative estimate of drug-likeness (QED) is 0.893. The molecule has 0 radical (unpaired) electrons. The molecule has 0 saturated heterocycles. The smallest absolute Gasteiger partial charge is 0.403 e. The molecule has 1 aliphatic carbocycles. The predicted octanol–water partition coefficient (Wildman–Crippen LogP) is 3.24. The Bertz CT molecular complexity index is 500. The topological polar surface area (TPSA) is 49.3 Å². The number of aryl methyl sites for hydroxylation is 1. The van der Waals surface area contributed by atoms with E-state index in [4.69, 9.17) is 5.11 Å². The van der Waals surface area contributed by atoms with Gasteiger partial charge in [0.25, 0.3) is 0 Å². The number of hydrogen-bond donors (Lipinski definition) is 2. The van der Waals surface area contributed by atoms with Crippen LogP contribution in [0.5, 0.6) is 0 Å². The lowest BCUT2D eigenvalue weighted by molar-refractivity contribution is -0.190. The van der Waals surface area contributed by atoms with Crippen LogP contribution in [-0.4, -0.2) is 23.8 Å². The minimum absolute atomic E-state index is 0.623. The molecule has 110 valence electrons. The maximum Gasteiger partial charge on any atom is 0.403 e. The predicted molar refractivity (Wildman–Crippen MR) is 68.8 cm³/mol. The molecule has 6 heteroatoms. The Morgan fingerprint density at radius 1 is 1.30 bits per heavy atom. The summed E-state index contributed by atoms with van der Waals surface area (Å²) in [6.45, 7) is -0.644. The van der Waals surface area contributed by atoms with E-state index in [1.807, 2.05) is 6.07 Å². The molecule has 1 aromatic rings. The van der Waals surface area contributed by atoms with E-state index in [1.54, 1.807) is 12.1 Å². The molecule has 0 saturated carbocycles. The van der Waals surface area contributed by atoms with Crippen molar-refractivity contribution in [3.63, 3.8) is 0 Å². The van der Waals surface area contributed by atoms with Crippen molar-refractivity contribution in [1.29, 1.82) is 0 Å². The van der Waals surface area contributed by atoms with Gasteiger partial charge in [-0.25, -0.2) is 0 Å². The van der Waals surface area contributed by atoms with Gasteiger partial charge in [0.1, 0.15) is 0 Å². The zero-order chi connectivity index (χ0) is 14.8. The molecule has 1 atom stereocenters. The summed E-state index contributed by atoms with van der Waals surface area (Å²) in [4.78, 5) is 10.7. The lowest BCUT2D eigenvalue weighted by Gasteiger charge is -2.22. The molecule has 3 nitrogen and oxygen atoms in total. The zero-order valence-corrected chi connectivity index (χ0v) is 10.8. The van der Waals surface area contributed by atoms with Gasteiger partial charge in [-0.1, -0.05) is 12.1 Å². The molecule has 1 aromatic carbocycles. The summed E-state index contributed by atoms with van der Waals surface area (Å²) in [5.74, 6) is -4.24. The molecule has 0 spiro atoms. The Morgan fingerprint density at radius 3 is 2.65 bits per heavy atom. The summed E-state index contributed by atoms with van der Waals surface area (Å²) in [7, 11) is 0. The highest BCUT2D eigenvalue weighted by molar-refractivity contribution is 5.72. The number of carboxylic acid groups (broad SMARTS) is 1. The normalized spacial score (nSPS) is 16.4. The summed E-state index contributed by atoms with van der Waals surface area (Å²) in [5.41, 5.74) is 2.78. The van der Waals surface area contributed by atoms with Crippen LogP contribution in [0.3, 0.4) is 0 Å². The van der Waals surface area contributed by atoms with Crippen LogP contribution in [0.4, 0.5) is 18.9 Å². The third-order valence-corrected chi connectivity index (χ3v) is 3.59. The van der Waals surface area contributed by atoms with Crippen molar-refractivity contribution in [2.75, 3.05) is 11.9 Å². The summed E-state index contributed by atoms with van der Waals surface area (Å²) < 4.78 is 37.8. The maximum atomic E-state index is 12.6. The van der Waals surface area contributed by atoms with Gasteiger partial charge in [-0.15, -0.1) is 0 Å². The summed E-state index contributed by atoms with van der Waals surface area (Å²) in [6.07, 6.45) is -0.910. The number of aliphatic carboxylic acids is 1. The largest absolute Gasteiger partial charge is 0.481 e. The monoisotopic (exact) mass is 287 g/mol. The first-order chi connectivity index (χ1) is 9.39. The molecular formula is C14H16F3NO2. The number of alkyl halides is 3. The maximum absolute atomic E-state index is 12.6. The Hall–Kier alpha value is -1.72. The highest BCUT2D eigenvalue weighted by Crippen LogP contribution is 2.30. The molecule has 2 rings (SSSR count). The highest BCUT2D eigenvalue weighted by Gasteiger charge is 2.44. The Labute approximate surface area is 114 Å². The summed E-state index contributed by atoms with van der Waals surface area (Å²) in [6, 6.07) is 5.47. The number of carboxylic acids is 1. The number of rotatable bonds is 4. The summed E-state index contributed by atoms with van der Waals surface area (Å²) >= 11 is 0.